The summed E-state index contributed by atoms with van der Waals surface area (Å²) in [6.45, 7) is 12.4. The molecule has 7 nitrogen and oxygen atoms in total. The van der Waals surface area contributed by atoms with Gasteiger partial charge in [0.15, 0.2) is 24.2 Å². The molecule has 7 heteroatoms. The van der Waals surface area contributed by atoms with E-state index in [1.807, 2.05) is 41.5 Å². The summed E-state index contributed by atoms with van der Waals surface area (Å²) in [5.74, 6) is -1.29. The van der Waals surface area contributed by atoms with Crippen molar-refractivity contribution in [2.45, 2.75) is 90.1 Å². The lowest BCUT2D eigenvalue weighted by molar-refractivity contribution is -0.284. The number of fused-ring (bicyclic) bond motifs is 1. The third-order valence-electron chi connectivity index (χ3n) is 4.17. The van der Waals surface area contributed by atoms with Crippen LogP contribution in [0.15, 0.2) is 0 Å². The molecule has 0 aromatic heterocycles. The Hall–Kier alpha value is -0.280. The van der Waals surface area contributed by atoms with Crippen molar-refractivity contribution < 1.29 is 33.2 Å². The van der Waals surface area contributed by atoms with Gasteiger partial charge in [0.25, 0.3) is 0 Å². The van der Waals surface area contributed by atoms with E-state index >= 15 is 0 Å². The molecule has 134 valence electrons. The second kappa shape index (κ2) is 6.22. The molecule has 3 aliphatic rings. The SMILES string of the molecule is CCOC(C)OC1O[C@H](C2COC(C)(C)O2)[C@@H]2OC(C)(C)O[C@H]12. The van der Waals surface area contributed by atoms with Gasteiger partial charge in [-0.25, -0.2) is 0 Å². The van der Waals surface area contributed by atoms with Gasteiger partial charge in [0.05, 0.1) is 6.61 Å². The Morgan fingerprint density at radius 1 is 1.00 bits per heavy atom. The summed E-state index contributed by atoms with van der Waals surface area (Å²) in [4.78, 5) is 0. The minimum Gasteiger partial charge on any atom is -0.353 e. The van der Waals surface area contributed by atoms with E-state index in [-0.39, 0.29) is 30.7 Å². The number of ether oxygens (including phenoxy) is 7. The lowest BCUT2D eigenvalue weighted by Crippen LogP contribution is -2.40. The summed E-state index contributed by atoms with van der Waals surface area (Å²) in [5.41, 5.74) is 0. The third-order valence-corrected chi connectivity index (χ3v) is 4.17. The van der Waals surface area contributed by atoms with Crippen LogP contribution in [0.1, 0.15) is 41.5 Å². The molecule has 0 spiro atoms. The summed E-state index contributed by atoms with van der Waals surface area (Å²) < 4.78 is 41.0. The van der Waals surface area contributed by atoms with Crippen molar-refractivity contribution in [3.8, 4) is 0 Å². The predicted octanol–water partition coefficient (Wildman–Crippen LogP) is 1.78. The maximum Gasteiger partial charge on any atom is 0.190 e. The molecule has 3 fully saturated rings. The zero-order valence-corrected chi connectivity index (χ0v) is 14.7. The molecule has 0 N–H and O–H groups in total. The first-order chi connectivity index (χ1) is 10.7. The van der Waals surface area contributed by atoms with E-state index in [1.54, 1.807) is 0 Å². The van der Waals surface area contributed by atoms with E-state index in [9.17, 15) is 0 Å². The highest BCUT2D eigenvalue weighted by Crippen LogP contribution is 2.42. The second-order valence-electron chi connectivity index (χ2n) is 7.06. The van der Waals surface area contributed by atoms with Gasteiger partial charge in [0.2, 0.25) is 0 Å². The van der Waals surface area contributed by atoms with Crippen LogP contribution in [0.2, 0.25) is 0 Å². The van der Waals surface area contributed by atoms with Gasteiger partial charge in [-0.1, -0.05) is 0 Å². The van der Waals surface area contributed by atoms with Gasteiger partial charge in [0.1, 0.15) is 24.4 Å². The lowest BCUT2D eigenvalue weighted by atomic mass is 10.1. The van der Waals surface area contributed by atoms with E-state index in [4.69, 9.17) is 33.2 Å². The topological polar surface area (TPSA) is 64.6 Å². The standard InChI is InChI=1S/C16H28O7/c1-7-17-9(2)19-14-13-12(22-16(5,6)23-13)11(20-14)10-8-18-15(3,4)21-10/h9-14H,7-8H2,1-6H3/t9?,10?,11-,12+,13+,14?/m1/s1. The van der Waals surface area contributed by atoms with Gasteiger partial charge in [-0.15, -0.1) is 0 Å². The zero-order chi connectivity index (χ0) is 16.8. The van der Waals surface area contributed by atoms with E-state index in [0.29, 0.717) is 13.2 Å². The highest BCUT2D eigenvalue weighted by Gasteiger charge is 2.59. The molecule has 0 bridgehead atoms. The predicted molar refractivity (Wildman–Crippen MR) is 79.6 cm³/mol. The van der Waals surface area contributed by atoms with Crippen molar-refractivity contribution in [1.82, 2.24) is 0 Å². The lowest BCUT2D eigenvalue weighted by Gasteiger charge is -2.27. The molecule has 0 aromatic carbocycles. The highest BCUT2D eigenvalue weighted by molar-refractivity contribution is 4.99. The molecule has 0 radical (unpaired) electrons. The first kappa shape index (κ1) is 17.5. The van der Waals surface area contributed by atoms with E-state index in [0.717, 1.165) is 0 Å². The van der Waals surface area contributed by atoms with Crippen LogP contribution in [0.4, 0.5) is 0 Å². The molecule has 23 heavy (non-hydrogen) atoms. The molecule has 0 saturated carbocycles. The number of hydrogen-bond acceptors (Lipinski definition) is 7. The molecular weight excluding hydrogens is 304 g/mol. The summed E-state index contributed by atoms with van der Waals surface area (Å²) in [6, 6.07) is 0. The van der Waals surface area contributed by atoms with Crippen molar-refractivity contribution in [3.05, 3.63) is 0 Å². The van der Waals surface area contributed by atoms with E-state index in [1.165, 1.54) is 0 Å². The largest absolute Gasteiger partial charge is 0.353 e. The normalized spacial score (nSPS) is 42.8. The molecule has 0 aromatic rings. The van der Waals surface area contributed by atoms with Gasteiger partial charge in [-0.2, -0.15) is 0 Å². The van der Waals surface area contributed by atoms with Crippen LogP contribution in [0.5, 0.6) is 0 Å². The Balaban J connectivity index is 1.71. The van der Waals surface area contributed by atoms with Crippen LogP contribution in [-0.2, 0) is 33.2 Å². The first-order valence-corrected chi connectivity index (χ1v) is 8.31. The van der Waals surface area contributed by atoms with Crippen molar-refractivity contribution in [3.63, 3.8) is 0 Å². The quantitative estimate of drug-likeness (QED) is 0.711. The summed E-state index contributed by atoms with van der Waals surface area (Å²) in [6.07, 6.45) is -2.03. The van der Waals surface area contributed by atoms with Gasteiger partial charge >= 0.3 is 0 Å². The fraction of sp³-hybridized carbons (Fsp3) is 1.00. The smallest absolute Gasteiger partial charge is 0.190 e. The van der Waals surface area contributed by atoms with Gasteiger partial charge < -0.3 is 33.2 Å². The summed E-state index contributed by atoms with van der Waals surface area (Å²) in [7, 11) is 0. The van der Waals surface area contributed by atoms with E-state index in [2.05, 4.69) is 0 Å². The van der Waals surface area contributed by atoms with Gasteiger partial charge in [-0.3, -0.25) is 0 Å². The Morgan fingerprint density at radius 2 is 1.70 bits per heavy atom. The number of hydrogen-bond donors (Lipinski definition) is 0. The Morgan fingerprint density at radius 3 is 2.30 bits per heavy atom. The van der Waals surface area contributed by atoms with Gasteiger partial charge in [-0.05, 0) is 41.5 Å². The Kier molecular flexibility index (Phi) is 4.74. The van der Waals surface area contributed by atoms with Crippen LogP contribution in [-0.4, -0.2) is 61.8 Å². The van der Waals surface area contributed by atoms with Gasteiger partial charge in [0, 0.05) is 6.61 Å². The molecule has 0 aliphatic carbocycles. The fourth-order valence-electron chi connectivity index (χ4n) is 3.34. The molecule has 3 unspecified atom stereocenters. The molecule has 6 atom stereocenters. The molecular formula is C16H28O7. The molecule has 0 amide bonds. The maximum atomic E-state index is 6.06. The zero-order valence-electron chi connectivity index (χ0n) is 14.7. The second-order valence-corrected chi connectivity index (χ2v) is 7.06. The third kappa shape index (κ3) is 3.71. The van der Waals surface area contributed by atoms with Crippen LogP contribution < -0.4 is 0 Å². The van der Waals surface area contributed by atoms with Crippen molar-refractivity contribution >= 4 is 0 Å². The van der Waals surface area contributed by atoms with Crippen LogP contribution in [0.3, 0.4) is 0 Å². The average Bonchev–Trinajstić information content (AvgIpc) is 3.02. The minimum absolute atomic E-state index is 0.217. The fourth-order valence-corrected chi connectivity index (χ4v) is 3.34. The van der Waals surface area contributed by atoms with E-state index < -0.39 is 17.9 Å². The molecule has 3 rings (SSSR count). The minimum atomic E-state index is -0.678. The van der Waals surface area contributed by atoms with Crippen LogP contribution in [0, 0.1) is 0 Å². The summed E-state index contributed by atoms with van der Waals surface area (Å²) in [5, 5.41) is 0. The Bertz CT molecular complexity index is 425. The van der Waals surface area contributed by atoms with Crippen LogP contribution >= 0.6 is 0 Å². The highest BCUT2D eigenvalue weighted by atomic mass is 16.8. The summed E-state index contributed by atoms with van der Waals surface area (Å²) >= 11 is 0. The first-order valence-electron chi connectivity index (χ1n) is 8.31. The van der Waals surface area contributed by atoms with Crippen molar-refractivity contribution in [2.24, 2.45) is 0 Å². The van der Waals surface area contributed by atoms with Crippen molar-refractivity contribution in [2.75, 3.05) is 13.2 Å². The number of rotatable bonds is 5. The average molecular weight is 332 g/mol. The molecule has 3 heterocycles. The molecule has 3 aliphatic heterocycles. The van der Waals surface area contributed by atoms with Crippen molar-refractivity contribution in [1.29, 1.82) is 0 Å². The maximum absolute atomic E-state index is 6.06. The molecule has 3 saturated heterocycles. The Labute approximate surface area is 137 Å². The monoisotopic (exact) mass is 332 g/mol. The van der Waals surface area contributed by atoms with Crippen LogP contribution in [0.25, 0.3) is 0 Å².